The third-order valence-corrected chi connectivity index (χ3v) is 3.50. The van der Waals surface area contributed by atoms with Gasteiger partial charge in [-0.15, -0.1) is 0 Å². The third kappa shape index (κ3) is 4.74. The topological polar surface area (TPSA) is 76.7 Å². The number of methoxy groups -OCH3 is 1. The van der Waals surface area contributed by atoms with Gasteiger partial charge in [-0.1, -0.05) is 12.1 Å². The van der Waals surface area contributed by atoms with Gasteiger partial charge >= 0.3 is 0 Å². The Kier molecular flexibility index (Phi) is 5.78. The number of nitrogens with one attached hydrogen (secondary N) is 2. The molecule has 6 nitrogen and oxygen atoms in total. The molecule has 0 aromatic heterocycles. The zero-order chi connectivity index (χ0) is 17.5. The smallest absolute Gasteiger partial charge is 0.276 e. The van der Waals surface area contributed by atoms with Gasteiger partial charge in [0, 0.05) is 5.56 Å². The standard InChI is InChI=1S/C18H20N2O4/c1-12-7-8-16(9-13(12)2)24-11-17(21)19-20-18(22)14-5-4-6-15(10-14)23-3/h4-10H,11H2,1-3H3,(H,19,21)(H,20,22). The normalized spacial score (nSPS) is 9.96. The summed E-state index contributed by atoms with van der Waals surface area (Å²) in [5.74, 6) is 0.275. The zero-order valence-electron chi connectivity index (χ0n) is 13.9. The molecule has 0 aliphatic carbocycles. The van der Waals surface area contributed by atoms with Crippen LogP contribution in [0.2, 0.25) is 0 Å². The van der Waals surface area contributed by atoms with E-state index in [0.29, 0.717) is 17.1 Å². The molecule has 0 radical (unpaired) electrons. The Balaban J connectivity index is 1.82. The Hall–Kier alpha value is -3.02. The van der Waals surface area contributed by atoms with E-state index in [1.54, 1.807) is 30.3 Å². The number of hydrazine groups is 1. The van der Waals surface area contributed by atoms with E-state index in [9.17, 15) is 9.59 Å². The molecule has 126 valence electrons. The van der Waals surface area contributed by atoms with Crippen LogP contribution in [0, 0.1) is 13.8 Å². The lowest BCUT2D eigenvalue weighted by Crippen LogP contribution is -2.43. The molecule has 2 amide bonds. The fraction of sp³-hybridized carbons (Fsp3) is 0.222. The van der Waals surface area contributed by atoms with Crippen molar-refractivity contribution in [2.75, 3.05) is 13.7 Å². The van der Waals surface area contributed by atoms with Gasteiger partial charge in [-0.05, 0) is 55.3 Å². The summed E-state index contributed by atoms with van der Waals surface area (Å²) in [6, 6.07) is 12.2. The number of benzene rings is 2. The van der Waals surface area contributed by atoms with Gasteiger partial charge in [0.2, 0.25) is 0 Å². The van der Waals surface area contributed by atoms with Crippen LogP contribution in [0.25, 0.3) is 0 Å². The van der Waals surface area contributed by atoms with Crippen molar-refractivity contribution in [1.29, 1.82) is 0 Å². The number of carbonyl (C=O) groups excluding carboxylic acids is 2. The van der Waals surface area contributed by atoms with Crippen LogP contribution in [0.15, 0.2) is 42.5 Å². The van der Waals surface area contributed by atoms with E-state index in [2.05, 4.69) is 10.9 Å². The fourth-order valence-corrected chi connectivity index (χ4v) is 1.95. The van der Waals surface area contributed by atoms with E-state index >= 15 is 0 Å². The number of aryl methyl sites for hydroxylation is 2. The minimum absolute atomic E-state index is 0.194. The summed E-state index contributed by atoms with van der Waals surface area (Å²) in [5, 5.41) is 0. The molecule has 6 heteroatoms. The molecule has 0 bridgehead atoms. The van der Waals surface area contributed by atoms with Gasteiger partial charge in [-0.2, -0.15) is 0 Å². The van der Waals surface area contributed by atoms with Crippen LogP contribution in [0.3, 0.4) is 0 Å². The average molecular weight is 328 g/mol. The van der Waals surface area contributed by atoms with E-state index in [0.717, 1.165) is 11.1 Å². The number of carbonyl (C=O) groups is 2. The average Bonchev–Trinajstić information content (AvgIpc) is 2.60. The highest BCUT2D eigenvalue weighted by molar-refractivity contribution is 5.95. The minimum Gasteiger partial charge on any atom is -0.497 e. The number of ether oxygens (including phenoxy) is 2. The number of hydrogen-bond acceptors (Lipinski definition) is 4. The monoisotopic (exact) mass is 328 g/mol. The SMILES string of the molecule is COc1cccc(C(=O)NNC(=O)COc2ccc(C)c(C)c2)c1. The first kappa shape index (κ1) is 17.3. The largest absolute Gasteiger partial charge is 0.497 e. The molecule has 0 heterocycles. The highest BCUT2D eigenvalue weighted by Gasteiger charge is 2.09. The van der Waals surface area contributed by atoms with Crippen molar-refractivity contribution in [3.63, 3.8) is 0 Å². The molecule has 2 rings (SSSR count). The molecule has 0 fully saturated rings. The highest BCUT2D eigenvalue weighted by Crippen LogP contribution is 2.16. The summed E-state index contributed by atoms with van der Waals surface area (Å²) in [7, 11) is 1.52. The predicted octanol–water partition coefficient (Wildman–Crippen LogP) is 2.15. The van der Waals surface area contributed by atoms with Crippen molar-refractivity contribution < 1.29 is 19.1 Å². The molecule has 0 aliphatic heterocycles. The molecule has 0 spiro atoms. The van der Waals surface area contributed by atoms with E-state index in [1.807, 2.05) is 26.0 Å². The molecule has 0 aliphatic rings. The Morgan fingerprint density at radius 2 is 1.75 bits per heavy atom. The lowest BCUT2D eigenvalue weighted by molar-refractivity contribution is -0.123. The van der Waals surface area contributed by atoms with Gasteiger partial charge in [-0.25, -0.2) is 0 Å². The second kappa shape index (κ2) is 8.01. The quantitative estimate of drug-likeness (QED) is 0.825. The van der Waals surface area contributed by atoms with Crippen molar-refractivity contribution in [2.24, 2.45) is 0 Å². The molecule has 2 aromatic carbocycles. The Morgan fingerprint density at radius 3 is 2.46 bits per heavy atom. The maximum atomic E-state index is 12.0. The second-order valence-corrected chi connectivity index (χ2v) is 5.27. The molecule has 2 aromatic rings. The van der Waals surface area contributed by atoms with Gasteiger partial charge in [0.15, 0.2) is 6.61 Å². The van der Waals surface area contributed by atoms with Crippen LogP contribution in [-0.2, 0) is 4.79 Å². The molecule has 0 saturated heterocycles. The third-order valence-electron chi connectivity index (χ3n) is 3.50. The van der Waals surface area contributed by atoms with E-state index in [4.69, 9.17) is 9.47 Å². The van der Waals surface area contributed by atoms with Crippen molar-refractivity contribution in [1.82, 2.24) is 10.9 Å². The lowest BCUT2D eigenvalue weighted by atomic mass is 10.1. The van der Waals surface area contributed by atoms with Crippen LogP contribution < -0.4 is 20.3 Å². The molecular weight excluding hydrogens is 308 g/mol. The highest BCUT2D eigenvalue weighted by atomic mass is 16.5. The van der Waals surface area contributed by atoms with Crippen LogP contribution in [0.1, 0.15) is 21.5 Å². The first-order chi connectivity index (χ1) is 11.5. The second-order valence-electron chi connectivity index (χ2n) is 5.27. The summed E-state index contributed by atoms with van der Waals surface area (Å²) in [5.41, 5.74) is 7.26. The molecular formula is C18H20N2O4. The molecule has 0 unspecified atom stereocenters. The predicted molar refractivity (Wildman–Crippen MR) is 90.0 cm³/mol. The minimum atomic E-state index is -0.454. The van der Waals surface area contributed by atoms with Crippen LogP contribution in [0.5, 0.6) is 11.5 Å². The van der Waals surface area contributed by atoms with Crippen molar-refractivity contribution in [2.45, 2.75) is 13.8 Å². The summed E-state index contributed by atoms with van der Waals surface area (Å²) < 4.78 is 10.4. The Morgan fingerprint density at radius 1 is 0.958 bits per heavy atom. The van der Waals surface area contributed by atoms with Gasteiger partial charge in [0.1, 0.15) is 11.5 Å². The lowest BCUT2D eigenvalue weighted by Gasteiger charge is -2.10. The van der Waals surface area contributed by atoms with Gasteiger partial charge in [-0.3, -0.25) is 20.4 Å². The van der Waals surface area contributed by atoms with Crippen molar-refractivity contribution in [3.8, 4) is 11.5 Å². The molecule has 2 N–H and O–H groups in total. The number of hydrogen-bond donors (Lipinski definition) is 2. The summed E-state index contributed by atoms with van der Waals surface area (Å²) in [4.78, 5) is 23.7. The van der Waals surface area contributed by atoms with E-state index < -0.39 is 11.8 Å². The number of rotatable bonds is 5. The summed E-state index contributed by atoms with van der Waals surface area (Å²) in [6.07, 6.45) is 0. The Labute approximate surface area is 140 Å². The van der Waals surface area contributed by atoms with Crippen LogP contribution in [-0.4, -0.2) is 25.5 Å². The molecule has 0 atom stereocenters. The van der Waals surface area contributed by atoms with E-state index in [-0.39, 0.29) is 6.61 Å². The van der Waals surface area contributed by atoms with Gasteiger partial charge in [0.25, 0.3) is 11.8 Å². The molecule has 24 heavy (non-hydrogen) atoms. The zero-order valence-corrected chi connectivity index (χ0v) is 13.9. The first-order valence-electron chi connectivity index (χ1n) is 7.43. The van der Waals surface area contributed by atoms with Crippen LogP contribution >= 0.6 is 0 Å². The summed E-state index contributed by atoms with van der Waals surface area (Å²) >= 11 is 0. The first-order valence-corrected chi connectivity index (χ1v) is 7.43. The number of amides is 2. The van der Waals surface area contributed by atoms with Gasteiger partial charge < -0.3 is 9.47 Å². The summed E-state index contributed by atoms with van der Waals surface area (Å²) in [6.45, 7) is 3.78. The maximum absolute atomic E-state index is 12.0. The van der Waals surface area contributed by atoms with Crippen LogP contribution in [0.4, 0.5) is 0 Å². The van der Waals surface area contributed by atoms with Crippen molar-refractivity contribution >= 4 is 11.8 Å². The maximum Gasteiger partial charge on any atom is 0.276 e. The fourth-order valence-electron chi connectivity index (χ4n) is 1.95. The van der Waals surface area contributed by atoms with Gasteiger partial charge in [0.05, 0.1) is 7.11 Å². The van der Waals surface area contributed by atoms with Crippen molar-refractivity contribution in [3.05, 3.63) is 59.2 Å². The Bertz CT molecular complexity index is 744. The molecule has 0 saturated carbocycles. The van der Waals surface area contributed by atoms with E-state index in [1.165, 1.54) is 7.11 Å².